The second kappa shape index (κ2) is 13.2. The van der Waals surface area contributed by atoms with Gasteiger partial charge in [-0.3, -0.25) is 4.99 Å². The minimum absolute atomic E-state index is 0. The molecule has 0 aromatic heterocycles. The Kier molecular flexibility index (Phi) is 11.0. The van der Waals surface area contributed by atoms with Crippen molar-refractivity contribution >= 4 is 29.9 Å². The summed E-state index contributed by atoms with van der Waals surface area (Å²) in [6.45, 7) is 5.16. The van der Waals surface area contributed by atoms with Gasteiger partial charge in [-0.15, -0.1) is 24.0 Å². The lowest BCUT2D eigenvalue weighted by Crippen LogP contribution is -2.39. The fraction of sp³-hybridized carbons (Fsp3) is 0.650. The Morgan fingerprint density at radius 2 is 2.14 bits per heavy atom. The lowest BCUT2D eigenvalue weighted by atomic mass is 10.1. The average Bonchev–Trinajstić information content (AvgIpc) is 3.22. The first-order valence-electron chi connectivity index (χ1n) is 9.88. The van der Waals surface area contributed by atoms with Crippen LogP contribution in [0.15, 0.2) is 17.1 Å². The van der Waals surface area contributed by atoms with Crippen molar-refractivity contribution in [3.8, 4) is 5.75 Å². The molecular formula is C20H31FIN3O4. The van der Waals surface area contributed by atoms with Crippen LogP contribution in [-0.2, 0) is 27.2 Å². The third kappa shape index (κ3) is 7.88. The largest absolute Gasteiger partial charge is 0.467 e. The molecule has 0 spiro atoms. The summed E-state index contributed by atoms with van der Waals surface area (Å²) in [6, 6.07) is 2.99. The van der Waals surface area contributed by atoms with Gasteiger partial charge in [0, 0.05) is 44.8 Å². The lowest BCUT2D eigenvalue weighted by Gasteiger charge is -2.21. The van der Waals surface area contributed by atoms with E-state index >= 15 is 0 Å². The van der Waals surface area contributed by atoms with Crippen molar-refractivity contribution in [1.82, 2.24) is 10.6 Å². The average molecular weight is 523 g/mol. The van der Waals surface area contributed by atoms with Gasteiger partial charge in [-0.25, -0.2) is 4.39 Å². The van der Waals surface area contributed by atoms with Crippen LogP contribution in [0.3, 0.4) is 0 Å². The van der Waals surface area contributed by atoms with Gasteiger partial charge in [-0.2, -0.15) is 0 Å². The van der Waals surface area contributed by atoms with E-state index in [-0.39, 0.29) is 36.6 Å². The van der Waals surface area contributed by atoms with Crippen LogP contribution in [-0.4, -0.2) is 59.3 Å². The van der Waals surface area contributed by atoms with Crippen LogP contribution in [0, 0.1) is 11.7 Å². The molecule has 0 radical (unpaired) electrons. The zero-order valence-corrected chi connectivity index (χ0v) is 19.2. The Bertz CT molecular complexity index is 657. The highest BCUT2D eigenvalue weighted by atomic mass is 127. The summed E-state index contributed by atoms with van der Waals surface area (Å²) >= 11 is 0. The number of hydrogen-bond acceptors (Lipinski definition) is 5. The maximum atomic E-state index is 13.8. The molecule has 2 aliphatic heterocycles. The molecule has 0 amide bonds. The Hall–Kier alpha value is -1.17. The van der Waals surface area contributed by atoms with Crippen molar-refractivity contribution in [3.05, 3.63) is 29.1 Å². The minimum atomic E-state index is -0.269. The van der Waals surface area contributed by atoms with Crippen LogP contribution in [0.5, 0.6) is 5.75 Å². The van der Waals surface area contributed by atoms with E-state index in [0.717, 1.165) is 68.6 Å². The Morgan fingerprint density at radius 1 is 1.28 bits per heavy atom. The van der Waals surface area contributed by atoms with Crippen LogP contribution in [0.25, 0.3) is 0 Å². The second-order valence-electron chi connectivity index (χ2n) is 7.00. The topological polar surface area (TPSA) is 73.3 Å². The van der Waals surface area contributed by atoms with Crippen LogP contribution in [0.2, 0.25) is 0 Å². The van der Waals surface area contributed by atoms with Gasteiger partial charge in [0.25, 0.3) is 0 Å². The number of rotatable bonds is 9. The van der Waals surface area contributed by atoms with Crippen molar-refractivity contribution in [2.45, 2.75) is 25.9 Å². The van der Waals surface area contributed by atoms with E-state index in [0.29, 0.717) is 25.5 Å². The van der Waals surface area contributed by atoms with E-state index in [4.69, 9.17) is 18.9 Å². The van der Waals surface area contributed by atoms with Crippen LogP contribution in [0.4, 0.5) is 4.39 Å². The van der Waals surface area contributed by atoms with E-state index in [1.165, 1.54) is 12.1 Å². The summed E-state index contributed by atoms with van der Waals surface area (Å²) in [5.41, 5.74) is 1.60. The van der Waals surface area contributed by atoms with Gasteiger partial charge in [-0.05, 0) is 37.0 Å². The molecular weight excluding hydrogens is 492 g/mol. The highest BCUT2D eigenvalue weighted by Crippen LogP contribution is 2.29. The molecule has 0 bridgehead atoms. The number of nitrogens with zero attached hydrogens (tertiary/aromatic N) is 1. The molecule has 1 aromatic rings. The van der Waals surface area contributed by atoms with Crippen LogP contribution in [0.1, 0.15) is 24.0 Å². The highest BCUT2D eigenvalue weighted by Gasteiger charge is 2.17. The predicted octanol–water partition coefficient (Wildman–Crippen LogP) is 2.46. The Labute approximate surface area is 188 Å². The molecule has 0 saturated carbocycles. The first kappa shape index (κ1) is 24.1. The monoisotopic (exact) mass is 523 g/mol. The molecule has 1 fully saturated rings. The fourth-order valence-electron chi connectivity index (χ4n) is 3.32. The number of nitrogens with one attached hydrogen (secondary N) is 2. The molecule has 3 rings (SSSR count). The van der Waals surface area contributed by atoms with Gasteiger partial charge in [0.1, 0.15) is 11.6 Å². The predicted molar refractivity (Wildman–Crippen MR) is 120 cm³/mol. The van der Waals surface area contributed by atoms with Crippen LogP contribution >= 0.6 is 24.0 Å². The van der Waals surface area contributed by atoms with Crippen molar-refractivity contribution in [2.24, 2.45) is 10.9 Å². The van der Waals surface area contributed by atoms with E-state index in [1.54, 1.807) is 7.05 Å². The van der Waals surface area contributed by atoms with Gasteiger partial charge < -0.3 is 29.6 Å². The molecule has 1 saturated heterocycles. The summed E-state index contributed by atoms with van der Waals surface area (Å²) in [5.74, 6) is 1.74. The molecule has 1 atom stereocenters. The third-order valence-corrected chi connectivity index (χ3v) is 4.80. The molecule has 9 heteroatoms. The number of halogens is 2. The van der Waals surface area contributed by atoms with Crippen molar-refractivity contribution < 1.29 is 23.3 Å². The standard InChI is InChI=1S/C20H30FN3O4.HI/c1-22-20(23-5-2-7-25-11-15-4-8-26-12-15)24-6-3-16-9-18(21)10-17-13-27-14-28-19(16)17;/h9-10,15H,2-8,11-14H2,1H3,(H2,22,23,24);1H. The zero-order valence-electron chi connectivity index (χ0n) is 16.9. The third-order valence-electron chi connectivity index (χ3n) is 4.80. The summed E-state index contributed by atoms with van der Waals surface area (Å²) in [4.78, 5) is 4.22. The smallest absolute Gasteiger partial charge is 0.190 e. The first-order valence-corrected chi connectivity index (χ1v) is 9.88. The number of ether oxygens (including phenoxy) is 4. The molecule has 1 aromatic carbocycles. The number of aliphatic imine (C=N–C) groups is 1. The number of benzene rings is 1. The van der Waals surface area contributed by atoms with Gasteiger partial charge in [0.2, 0.25) is 0 Å². The Morgan fingerprint density at radius 3 is 2.93 bits per heavy atom. The van der Waals surface area contributed by atoms with Gasteiger partial charge in [0.05, 0.1) is 19.8 Å². The first-order chi connectivity index (χ1) is 13.8. The number of fused-ring (bicyclic) bond motifs is 1. The van der Waals surface area contributed by atoms with Crippen molar-refractivity contribution in [1.29, 1.82) is 0 Å². The normalized spacial score (nSPS) is 18.6. The maximum Gasteiger partial charge on any atom is 0.190 e. The molecule has 29 heavy (non-hydrogen) atoms. The number of hydrogen-bond donors (Lipinski definition) is 2. The van der Waals surface area contributed by atoms with Gasteiger partial charge in [-0.1, -0.05) is 0 Å². The molecule has 2 heterocycles. The molecule has 7 nitrogen and oxygen atoms in total. The van der Waals surface area contributed by atoms with E-state index in [1.807, 2.05) is 0 Å². The molecule has 164 valence electrons. The Balaban J connectivity index is 0.00000300. The summed E-state index contributed by atoms with van der Waals surface area (Å²) in [7, 11) is 1.73. The van der Waals surface area contributed by atoms with Gasteiger partial charge in [0.15, 0.2) is 12.8 Å². The lowest BCUT2D eigenvalue weighted by molar-refractivity contribution is -0.0172. The maximum absolute atomic E-state index is 13.8. The van der Waals surface area contributed by atoms with Crippen LogP contribution < -0.4 is 15.4 Å². The van der Waals surface area contributed by atoms with E-state index < -0.39 is 0 Å². The van der Waals surface area contributed by atoms with E-state index in [9.17, 15) is 4.39 Å². The summed E-state index contributed by atoms with van der Waals surface area (Å²) in [6.07, 6.45) is 2.63. The summed E-state index contributed by atoms with van der Waals surface area (Å²) in [5, 5.41) is 6.52. The molecule has 2 aliphatic rings. The fourth-order valence-corrected chi connectivity index (χ4v) is 3.32. The molecule has 1 unspecified atom stereocenters. The molecule has 0 aliphatic carbocycles. The highest BCUT2D eigenvalue weighted by molar-refractivity contribution is 14.0. The zero-order chi connectivity index (χ0) is 19.6. The quantitative estimate of drug-likeness (QED) is 0.224. The van der Waals surface area contributed by atoms with E-state index in [2.05, 4.69) is 15.6 Å². The van der Waals surface area contributed by atoms with Gasteiger partial charge >= 0.3 is 0 Å². The van der Waals surface area contributed by atoms with Crippen molar-refractivity contribution in [2.75, 3.05) is 53.4 Å². The molecule has 2 N–H and O–H groups in total. The summed E-state index contributed by atoms with van der Waals surface area (Å²) < 4.78 is 35.6. The number of guanidine groups is 1. The second-order valence-corrected chi connectivity index (χ2v) is 7.00. The SMILES string of the molecule is CN=C(NCCCOCC1CCOC1)NCCc1cc(F)cc2c1OCOC2.I. The van der Waals surface area contributed by atoms with Crippen molar-refractivity contribution in [3.63, 3.8) is 0 Å². The minimum Gasteiger partial charge on any atom is -0.467 e.